The third-order valence-electron chi connectivity index (χ3n) is 47.5. The Balaban J connectivity index is 0.645. The summed E-state index contributed by atoms with van der Waals surface area (Å²) in [5.41, 5.74) is 0. The Kier molecular flexibility index (Phi) is 22.2. The Morgan fingerprint density at radius 2 is 0.442 bits per heavy atom. The van der Waals surface area contributed by atoms with E-state index in [2.05, 4.69) is 14.7 Å². The van der Waals surface area contributed by atoms with E-state index in [1.165, 1.54) is 6.54 Å². The van der Waals surface area contributed by atoms with Crippen molar-refractivity contribution in [3.8, 4) is 0 Å². The number of likely N-dealkylation sites (tertiary alicyclic amines) is 1. The molecule has 630 valence electrons. The molecule has 4 heteroatoms. The second-order valence-corrected chi connectivity index (χ2v) is 50.3. The minimum absolute atomic E-state index is 0.854. The molecule has 0 amide bonds. The molecule has 24 fully saturated rings. The number of nitrogens with zero attached hydrogens (tertiary/aromatic N) is 3. The molecule has 37 atom stereocenters. The van der Waals surface area contributed by atoms with Crippen LogP contribution in [0.15, 0.2) is 0 Å². The smallest absolute Gasteiger partial charge is 0.156 e. The van der Waals surface area contributed by atoms with Crippen LogP contribution in [-0.2, 0) is 0 Å². The minimum Gasteiger partial charge on any atom is -0.298 e. The fourth-order valence-electron chi connectivity index (χ4n) is 44.6. The second kappa shape index (κ2) is 32.8. The van der Waals surface area contributed by atoms with E-state index in [1.54, 1.807) is 424 Å². The van der Waals surface area contributed by atoms with Crippen molar-refractivity contribution in [2.45, 2.75) is 465 Å². The topological polar surface area (TPSA) is 9.72 Å². The minimum atomic E-state index is 0.854. The van der Waals surface area contributed by atoms with Gasteiger partial charge in [0.15, 0.2) is 6.71 Å². The van der Waals surface area contributed by atoms with Gasteiger partial charge in [0, 0.05) is 55.9 Å². The molecular formula is C109H176BN3. The van der Waals surface area contributed by atoms with E-state index in [0.717, 1.165) is 256 Å². The van der Waals surface area contributed by atoms with Crippen molar-refractivity contribution in [3.05, 3.63) is 0 Å². The maximum Gasteiger partial charge on any atom is 0.156 e. The monoisotopic (exact) mass is 1540 g/mol. The van der Waals surface area contributed by atoms with Gasteiger partial charge >= 0.3 is 0 Å². The van der Waals surface area contributed by atoms with E-state index in [-0.39, 0.29) is 0 Å². The average Bonchev–Trinajstić information content (AvgIpc) is 0.876. The second-order valence-electron chi connectivity index (χ2n) is 50.3. The molecule has 24 unspecified atom stereocenters. The van der Waals surface area contributed by atoms with E-state index in [1.807, 2.05) is 0 Å². The van der Waals surface area contributed by atoms with Crippen molar-refractivity contribution in [3.63, 3.8) is 0 Å². The summed E-state index contributed by atoms with van der Waals surface area (Å²) in [6.45, 7) is 5.74. The highest BCUT2D eigenvalue weighted by atomic mass is 15.3. The van der Waals surface area contributed by atoms with E-state index in [0.29, 0.717) is 0 Å². The summed E-state index contributed by atoms with van der Waals surface area (Å²) in [6, 6.07) is 5.34. The summed E-state index contributed by atoms with van der Waals surface area (Å²) in [4.78, 5) is 11.4. The Labute approximate surface area is 696 Å². The lowest BCUT2D eigenvalue weighted by Crippen LogP contribution is -2.74. The zero-order valence-electron chi connectivity index (χ0n) is 73.5. The highest BCUT2D eigenvalue weighted by Crippen LogP contribution is 2.73. The van der Waals surface area contributed by atoms with Crippen LogP contribution in [0.2, 0.25) is 17.5 Å². The highest BCUT2D eigenvalue weighted by Gasteiger charge is 2.69. The van der Waals surface area contributed by atoms with Gasteiger partial charge in [0.05, 0.1) is 0 Å². The molecule has 0 radical (unpaired) electrons. The van der Waals surface area contributed by atoms with Crippen LogP contribution in [0.1, 0.15) is 411 Å². The van der Waals surface area contributed by atoms with Crippen LogP contribution >= 0.6 is 0 Å². The van der Waals surface area contributed by atoms with Crippen molar-refractivity contribution < 1.29 is 0 Å². The van der Waals surface area contributed by atoms with Crippen LogP contribution in [-0.4, -0.2) is 77.3 Å². The third-order valence-corrected chi connectivity index (χ3v) is 47.5. The lowest BCUT2D eigenvalue weighted by molar-refractivity contribution is -0.159. The molecule has 0 N–H and O–H groups in total. The summed E-state index contributed by atoms with van der Waals surface area (Å²) >= 11 is 0. The molecule has 0 spiro atoms. The molecule has 24 rings (SSSR count). The van der Waals surface area contributed by atoms with E-state index in [9.17, 15) is 0 Å². The van der Waals surface area contributed by atoms with Crippen LogP contribution in [0.4, 0.5) is 0 Å². The summed E-state index contributed by atoms with van der Waals surface area (Å²) in [5.74, 6) is 38.2. The first kappa shape index (κ1) is 76.6. The van der Waals surface area contributed by atoms with Crippen molar-refractivity contribution in [2.24, 2.45) is 195 Å². The molecule has 3 aliphatic heterocycles. The average molecular weight is 1540 g/mol. The fraction of sp³-hybridized carbons (Fsp3) is 1.00. The zero-order valence-corrected chi connectivity index (χ0v) is 73.5. The number of hydrogen-bond acceptors (Lipinski definition) is 3. The fourth-order valence-corrected chi connectivity index (χ4v) is 44.6. The highest BCUT2D eigenvalue weighted by molar-refractivity contribution is 6.65. The normalized spacial score (nSPS) is 53.9. The van der Waals surface area contributed by atoms with Gasteiger partial charge in [-0.25, -0.2) is 0 Å². The first-order valence-electron chi connectivity index (χ1n) is 55.4. The quantitative estimate of drug-likeness (QED) is 0.180. The van der Waals surface area contributed by atoms with Crippen LogP contribution < -0.4 is 0 Å². The number of rotatable bonds is 12. The maximum atomic E-state index is 3.92. The summed E-state index contributed by atoms with van der Waals surface area (Å²) in [5, 5.41) is 0. The van der Waals surface area contributed by atoms with E-state index in [4.69, 9.17) is 0 Å². The van der Waals surface area contributed by atoms with Gasteiger partial charge in [-0.2, -0.15) is 0 Å². The SMILES string of the molecule is C1CCC(C2CCCC(C3CCCCC3)C2CN2C3CC([C@@H]4CCC5[C@@H]6CCC[C@@H]7CCC[C@@H](C76)C6CCCC4[C@H]56)CCC3B3C4C2CC(CN2C5CCCC[C@@H]5C5CCCC[C@@H]52)CC4N(CC2C(C4CCCCC4)CCC[C@@H]2C2CCCCC2)[C@H]2C[C@@H](C4CC[C@@H]5C6C4CCC[C@@H]6C4CCCC6CCCC5[C@@H]64)CCC32)CC1. The third kappa shape index (κ3) is 13.4. The molecule has 0 bridgehead atoms. The van der Waals surface area contributed by atoms with Gasteiger partial charge in [0.25, 0.3) is 0 Å². The first-order valence-corrected chi connectivity index (χ1v) is 55.4. The lowest BCUT2D eigenvalue weighted by Gasteiger charge is -2.70. The maximum absolute atomic E-state index is 3.92. The van der Waals surface area contributed by atoms with Crippen molar-refractivity contribution >= 4 is 6.71 Å². The molecule has 3 saturated heterocycles. The molecular weight excluding hydrogens is 1360 g/mol. The Hall–Kier alpha value is -0.0551. The van der Waals surface area contributed by atoms with Gasteiger partial charge in [-0.15, -0.1) is 0 Å². The van der Waals surface area contributed by atoms with Crippen LogP contribution in [0.3, 0.4) is 0 Å². The van der Waals surface area contributed by atoms with Crippen molar-refractivity contribution in [1.82, 2.24) is 14.7 Å². The standard InChI is InChI=1S/C109H176BN3/c1-5-25-69(26-6-1)77-39-21-40-78(70-27-7-2-8-28-70)95(77)66-112-101-63-75(81-55-57-93-89-45-19-35-73-33-17-43-87(105(73)89)91-49-23-47-85(81)107(91)93)53-59-97(101)110-98-60-54-76(82-56-58-94-90-46-20-36-74-34-18-44-88(106(74)90)92-50-24-48-86(82)108(92)94)64-102(98)113(67-96-79(71-29-9-3-10-30-71)41-22-42-80(96)72-31-11-4-12-32-72)104-62-68(61-103(112)109(104)110)65-111-99-51-15-13-37-83(99)84-38-14-16-52-100(84)111/h68-109H,1-67H2/t68?,73-,74?,75?,76-,77?,78?,79+,80?,81-,82?,83+,84?,85?,86?,87+,88?,89-,90?,91?,92+,93?,94-,95?,96?,97?,98?,99?,100-,101?,102-,103?,104?,105?,106-,107-,108?,109?/m0/s1. The Morgan fingerprint density at radius 3 is 0.814 bits per heavy atom. The largest absolute Gasteiger partial charge is 0.298 e. The molecule has 21 aliphatic carbocycles. The van der Waals surface area contributed by atoms with Crippen LogP contribution in [0.5, 0.6) is 0 Å². The molecule has 113 heavy (non-hydrogen) atoms. The van der Waals surface area contributed by atoms with Gasteiger partial charge in [-0.1, -0.05) is 257 Å². The zero-order chi connectivity index (χ0) is 73.9. The predicted molar refractivity (Wildman–Crippen MR) is 471 cm³/mol. The van der Waals surface area contributed by atoms with Gasteiger partial charge in [0.1, 0.15) is 0 Å². The van der Waals surface area contributed by atoms with Gasteiger partial charge < -0.3 is 0 Å². The van der Waals surface area contributed by atoms with Gasteiger partial charge in [-0.3, -0.25) is 14.7 Å². The van der Waals surface area contributed by atoms with Gasteiger partial charge in [-0.05, 0) is 367 Å². The summed E-state index contributed by atoms with van der Waals surface area (Å²) < 4.78 is 0. The summed E-state index contributed by atoms with van der Waals surface area (Å²) in [7, 11) is 0. The molecule has 0 aromatic heterocycles. The van der Waals surface area contributed by atoms with Crippen LogP contribution in [0.25, 0.3) is 0 Å². The van der Waals surface area contributed by atoms with Crippen LogP contribution in [0, 0.1) is 195 Å². The van der Waals surface area contributed by atoms with Gasteiger partial charge in [0.2, 0.25) is 0 Å². The number of hydrogen-bond donors (Lipinski definition) is 0. The van der Waals surface area contributed by atoms with E-state index < -0.39 is 0 Å². The van der Waals surface area contributed by atoms with E-state index >= 15 is 0 Å². The molecule has 3 heterocycles. The molecule has 21 saturated carbocycles. The predicted octanol–water partition coefficient (Wildman–Crippen LogP) is 28.3. The Morgan fingerprint density at radius 1 is 0.168 bits per heavy atom. The van der Waals surface area contributed by atoms with Crippen molar-refractivity contribution in [1.29, 1.82) is 0 Å². The molecule has 3 nitrogen and oxygen atoms in total. The summed E-state index contributed by atoms with van der Waals surface area (Å²) in [6.07, 6.45) is 103. The Bertz CT molecular complexity index is 2860. The molecule has 24 aliphatic rings. The van der Waals surface area contributed by atoms with Crippen molar-refractivity contribution in [2.75, 3.05) is 19.6 Å². The first-order chi connectivity index (χ1) is 56.1. The molecule has 0 aromatic rings. The number of fused-ring (bicyclic) bond motifs is 11. The lowest BCUT2D eigenvalue weighted by atomic mass is 9.18. The molecule has 0 aromatic carbocycles.